The number of benzene rings is 1. The van der Waals surface area contributed by atoms with Crippen LogP contribution in [0, 0.1) is 6.92 Å². The molecule has 1 aliphatic heterocycles. The van der Waals surface area contributed by atoms with Gasteiger partial charge in [0.2, 0.25) is 5.82 Å². The molecule has 0 atom stereocenters. The zero-order chi connectivity index (χ0) is 18.1. The Balaban J connectivity index is 1.46. The minimum absolute atomic E-state index is 0.106. The molecule has 0 unspecified atom stereocenters. The zero-order valence-electron chi connectivity index (χ0n) is 14.9. The highest BCUT2D eigenvalue weighted by molar-refractivity contribution is 6.01. The SMILES string of the molecule is Cc1ccnc2nc(C(=O)Nc3ccc(N4CCN(C)CC4)cc3)nn12. The van der Waals surface area contributed by atoms with Gasteiger partial charge in [0.15, 0.2) is 0 Å². The van der Waals surface area contributed by atoms with Crippen LogP contribution in [0.4, 0.5) is 11.4 Å². The maximum Gasteiger partial charge on any atom is 0.295 e. The third-order valence-corrected chi connectivity index (χ3v) is 4.63. The van der Waals surface area contributed by atoms with E-state index in [0.717, 1.165) is 37.6 Å². The van der Waals surface area contributed by atoms with Crippen LogP contribution in [0.1, 0.15) is 16.3 Å². The Hall–Kier alpha value is -3.00. The lowest BCUT2D eigenvalue weighted by molar-refractivity contribution is 0.101. The Kier molecular flexibility index (Phi) is 4.26. The highest BCUT2D eigenvalue weighted by Crippen LogP contribution is 2.19. The molecule has 0 saturated carbocycles. The van der Waals surface area contributed by atoms with E-state index < -0.39 is 0 Å². The molecule has 3 heterocycles. The Morgan fingerprint density at radius 2 is 1.81 bits per heavy atom. The molecule has 1 aromatic carbocycles. The predicted octanol–water partition coefficient (Wildman–Crippen LogP) is 1.44. The second kappa shape index (κ2) is 6.72. The number of amides is 1. The van der Waals surface area contributed by atoms with Crippen LogP contribution in [0.3, 0.4) is 0 Å². The summed E-state index contributed by atoms with van der Waals surface area (Å²) in [5, 5.41) is 7.07. The van der Waals surface area contributed by atoms with Crippen LogP contribution in [-0.4, -0.2) is 63.6 Å². The molecule has 0 spiro atoms. The number of hydrogen-bond donors (Lipinski definition) is 1. The van der Waals surface area contributed by atoms with Crippen molar-refractivity contribution in [3.05, 3.63) is 48.0 Å². The summed E-state index contributed by atoms with van der Waals surface area (Å²) in [4.78, 5) is 25.4. The number of nitrogens with one attached hydrogen (secondary N) is 1. The lowest BCUT2D eigenvalue weighted by Crippen LogP contribution is -2.44. The highest BCUT2D eigenvalue weighted by Gasteiger charge is 2.16. The van der Waals surface area contributed by atoms with Gasteiger partial charge in [-0.2, -0.15) is 4.98 Å². The number of carbonyl (C=O) groups is 1. The lowest BCUT2D eigenvalue weighted by atomic mass is 10.2. The van der Waals surface area contributed by atoms with Gasteiger partial charge in [0.1, 0.15) is 0 Å². The van der Waals surface area contributed by atoms with Gasteiger partial charge in [-0.1, -0.05) is 0 Å². The number of fused-ring (bicyclic) bond motifs is 1. The highest BCUT2D eigenvalue weighted by atomic mass is 16.2. The normalized spacial score (nSPS) is 15.4. The molecule has 3 aromatic rings. The number of likely N-dealkylation sites (N-methyl/N-ethyl adjacent to an activating group) is 1. The van der Waals surface area contributed by atoms with Gasteiger partial charge in [0, 0.05) is 49.4 Å². The molecule has 26 heavy (non-hydrogen) atoms. The molecule has 1 aliphatic rings. The van der Waals surface area contributed by atoms with Gasteiger partial charge in [0.25, 0.3) is 11.7 Å². The zero-order valence-corrected chi connectivity index (χ0v) is 14.9. The van der Waals surface area contributed by atoms with E-state index in [4.69, 9.17) is 0 Å². The number of carbonyl (C=O) groups excluding carboxylic acids is 1. The number of aromatic nitrogens is 4. The Labute approximate surface area is 151 Å². The van der Waals surface area contributed by atoms with Gasteiger partial charge in [0.05, 0.1) is 0 Å². The molecular formula is C18H21N7O. The maximum atomic E-state index is 12.4. The van der Waals surface area contributed by atoms with Crippen molar-refractivity contribution in [3.63, 3.8) is 0 Å². The number of nitrogens with zero attached hydrogens (tertiary/aromatic N) is 6. The number of aryl methyl sites for hydroxylation is 1. The largest absolute Gasteiger partial charge is 0.369 e. The fraction of sp³-hybridized carbons (Fsp3) is 0.333. The Morgan fingerprint density at radius 3 is 2.50 bits per heavy atom. The average molecular weight is 351 g/mol. The molecule has 8 heteroatoms. The summed E-state index contributed by atoms with van der Waals surface area (Å²) >= 11 is 0. The first-order chi connectivity index (χ1) is 12.6. The first kappa shape index (κ1) is 16.5. The number of anilines is 2. The lowest BCUT2D eigenvalue weighted by Gasteiger charge is -2.34. The van der Waals surface area contributed by atoms with E-state index in [1.165, 1.54) is 5.69 Å². The molecule has 0 radical (unpaired) electrons. The van der Waals surface area contributed by atoms with Crippen molar-refractivity contribution in [1.29, 1.82) is 0 Å². The summed E-state index contributed by atoms with van der Waals surface area (Å²) in [6.45, 7) is 6.04. The van der Waals surface area contributed by atoms with E-state index in [2.05, 4.69) is 37.2 Å². The summed E-state index contributed by atoms with van der Waals surface area (Å²) in [6.07, 6.45) is 1.65. The van der Waals surface area contributed by atoms with E-state index in [0.29, 0.717) is 5.78 Å². The third kappa shape index (κ3) is 3.23. The molecule has 8 nitrogen and oxygen atoms in total. The molecule has 134 valence electrons. The van der Waals surface area contributed by atoms with Crippen molar-refractivity contribution >= 4 is 23.1 Å². The van der Waals surface area contributed by atoms with E-state index in [-0.39, 0.29) is 11.7 Å². The molecule has 1 fully saturated rings. The number of hydrogen-bond acceptors (Lipinski definition) is 6. The van der Waals surface area contributed by atoms with E-state index in [9.17, 15) is 4.79 Å². The van der Waals surface area contributed by atoms with Gasteiger partial charge in [-0.3, -0.25) is 4.79 Å². The summed E-state index contributed by atoms with van der Waals surface area (Å²) in [7, 11) is 2.14. The second-order valence-electron chi connectivity index (χ2n) is 6.52. The quantitative estimate of drug-likeness (QED) is 0.769. The maximum absolute atomic E-state index is 12.4. The van der Waals surface area contributed by atoms with Gasteiger partial charge >= 0.3 is 0 Å². The van der Waals surface area contributed by atoms with Gasteiger partial charge in [-0.25, -0.2) is 9.50 Å². The average Bonchev–Trinajstić information content (AvgIpc) is 3.09. The minimum Gasteiger partial charge on any atom is -0.369 e. The van der Waals surface area contributed by atoms with Crippen LogP contribution in [-0.2, 0) is 0 Å². The second-order valence-corrected chi connectivity index (χ2v) is 6.52. The Bertz CT molecular complexity index is 926. The third-order valence-electron chi connectivity index (χ3n) is 4.63. The fourth-order valence-electron chi connectivity index (χ4n) is 3.01. The molecule has 1 amide bonds. The van der Waals surface area contributed by atoms with Crippen LogP contribution in [0.5, 0.6) is 0 Å². The Morgan fingerprint density at radius 1 is 1.08 bits per heavy atom. The molecular weight excluding hydrogens is 330 g/mol. The summed E-state index contributed by atoms with van der Waals surface area (Å²) in [6, 6.07) is 9.70. The smallest absolute Gasteiger partial charge is 0.295 e. The minimum atomic E-state index is -0.345. The predicted molar refractivity (Wildman–Crippen MR) is 99.6 cm³/mol. The van der Waals surface area contributed by atoms with Crippen molar-refractivity contribution in [3.8, 4) is 0 Å². The van der Waals surface area contributed by atoms with Gasteiger partial charge < -0.3 is 15.1 Å². The van der Waals surface area contributed by atoms with Crippen molar-refractivity contribution in [1.82, 2.24) is 24.5 Å². The molecule has 2 aromatic heterocycles. The van der Waals surface area contributed by atoms with E-state index in [1.807, 2.05) is 37.3 Å². The molecule has 0 bridgehead atoms. The summed E-state index contributed by atoms with van der Waals surface area (Å²) in [5.74, 6) is 0.178. The topological polar surface area (TPSA) is 78.7 Å². The monoisotopic (exact) mass is 351 g/mol. The fourth-order valence-corrected chi connectivity index (χ4v) is 3.01. The van der Waals surface area contributed by atoms with Crippen LogP contribution in [0.15, 0.2) is 36.5 Å². The first-order valence-electron chi connectivity index (χ1n) is 8.63. The number of piperazine rings is 1. The summed E-state index contributed by atoms with van der Waals surface area (Å²) < 4.78 is 1.56. The van der Waals surface area contributed by atoms with E-state index in [1.54, 1.807) is 10.7 Å². The molecule has 4 rings (SSSR count). The number of rotatable bonds is 3. The summed E-state index contributed by atoms with van der Waals surface area (Å²) in [5.41, 5.74) is 2.76. The van der Waals surface area contributed by atoms with Gasteiger partial charge in [-0.05, 0) is 44.3 Å². The van der Waals surface area contributed by atoms with Crippen molar-refractivity contribution in [2.24, 2.45) is 0 Å². The standard InChI is InChI=1S/C18H21N7O/c1-13-7-8-19-18-21-16(22-25(13)18)17(26)20-14-3-5-15(6-4-14)24-11-9-23(2)10-12-24/h3-8H,9-12H2,1-2H3,(H,20,26). The van der Waals surface area contributed by atoms with Crippen molar-refractivity contribution in [2.75, 3.05) is 43.4 Å². The molecule has 1 N–H and O–H groups in total. The first-order valence-corrected chi connectivity index (χ1v) is 8.63. The van der Waals surface area contributed by atoms with Crippen LogP contribution in [0.25, 0.3) is 5.78 Å². The van der Waals surface area contributed by atoms with Crippen molar-refractivity contribution in [2.45, 2.75) is 6.92 Å². The molecule has 0 aliphatic carbocycles. The van der Waals surface area contributed by atoms with Crippen LogP contribution < -0.4 is 10.2 Å². The van der Waals surface area contributed by atoms with Crippen LogP contribution >= 0.6 is 0 Å². The van der Waals surface area contributed by atoms with Gasteiger partial charge in [-0.15, -0.1) is 5.10 Å². The van der Waals surface area contributed by atoms with E-state index >= 15 is 0 Å². The molecule has 1 saturated heterocycles. The van der Waals surface area contributed by atoms with Crippen LogP contribution in [0.2, 0.25) is 0 Å². The van der Waals surface area contributed by atoms with Crippen molar-refractivity contribution < 1.29 is 4.79 Å².